The summed E-state index contributed by atoms with van der Waals surface area (Å²) in [7, 11) is 0. The van der Waals surface area contributed by atoms with Crippen molar-refractivity contribution in [3.63, 3.8) is 0 Å². The van der Waals surface area contributed by atoms with E-state index in [2.05, 4.69) is 15.5 Å². The Hall–Kier alpha value is -1.17. The summed E-state index contributed by atoms with van der Waals surface area (Å²) in [5.41, 5.74) is 5.32. The zero-order chi connectivity index (χ0) is 8.97. The van der Waals surface area contributed by atoms with E-state index in [-0.39, 0.29) is 5.91 Å². The second-order valence-electron chi connectivity index (χ2n) is 2.24. The maximum Gasteiger partial charge on any atom is 0.226 e. The Morgan fingerprint density at radius 2 is 2.42 bits per heavy atom. The molecule has 1 rings (SSSR count). The van der Waals surface area contributed by atoms with Gasteiger partial charge in [0, 0.05) is 6.42 Å². The number of anilines is 2. The number of hydrogen-bond donors (Lipinski definition) is 2. The zero-order valence-corrected chi connectivity index (χ0v) is 7.52. The molecular weight excluding hydrogens is 176 g/mol. The van der Waals surface area contributed by atoms with Crippen molar-refractivity contribution in [1.29, 1.82) is 0 Å². The van der Waals surface area contributed by atoms with Crippen LogP contribution in [0.15, 0.2) is 0 Å². The summed E-state index contributed by atoms with van der Waals surface area (Å²) in [6.45, 7) is 1.94. The first-order chi connectivity index (χ1) is 5.72. The summed E-state index contributed by atoms with van der Waals surface area (Å²) in [5.74, 6) is -0.0475. The number of carbonyl (C=O) groups is 1. The molecular formula is C6H10N4OS. The van der Waals surface area contributed by atoms with Crippen LogP contribution < -0.4 is 11.1 Å². The van der Waals surface area contributed by atoms with Crippen molar-refractivity contribution in [3.05, 3.63) is 0 Å². The minimum atomic E-state index is -0.0475. The van der Waals surface area contributed by atoms with Gasteiger partial charge in [0.15, 0.2) is 0 Å². The van der Waals surface area contributed by atoms with Gasteiger partial charge in [-0.2, -0.15) is 0 Å². The normalized spacial score (nSPS) is 9.75. The number of nitrogens with two attached hydrogens (primary N) is 1. The standard InChI is InChI=1S/C6H10N4OS/c1-2-3-4(11)8-6-10-9-5(7)12-6/h2-3H2,1H3,(H2,7,9)(H,8,10,11). The molecule has 0 unspecified atom stereocenters. The van der Waals surface area contributed by atoms with E-state index >= 15 is 0 Å². The highest BCUT2D eigenvalue weighted by molar-refractivity contribution is 7.18. The Kier molecular flexibility index (Phi) is 2.98. The molecule has 0 spiro atoms. The van der Waals surface area contributed by atoms with Crippen molar-refractivity contribution in [3.8, 4) is 0 Å². The van der Waals surface area contributed by atoms with E-state index in [0.29, 0.717) is 16.7 Å². The highest BCUT2D eigenvalue weighted by Gasteiger charge is 2.04. The summed E-state index contributed by atoms with van der Waals surface area (Å²) >= 11 is 1.17. The largest absolute Gasteiger partial charge is 0.374 e. The van der Waals surface area contributed by atoms with Crippen LogP contribution in [0, 0.1) is 0 Å². The van der Waals surface area contributed by atoms with Crippen LogP contribution >= 0.6 is 11.3 Å². The second kappa shape index (κ2) is 4.01. The third-order valence-electron chi connectivity index (χ3n) is 1.16. The minimum absolute atomic E-state index is 0.0475. The minimum Gasteiger partial charge on any atom is -0.374 e. The molecule has 66 valence electrons. The van der Waals surface area contributed by atoms with Gasteiger partial charge >= 0.3 is 0 Å². The van der Waals surface area contributed by atoms with Crippen molar-refractivity contribution in [1.82, 2.24) is 10.2 Å². The molecule has 1 aromatic heterocycles. The molecule has 1 heterocycles. The van der Waals surface area contributed by atoms with E-state index in [1.54, 1.807) is 0 Å². The molecule has 1 aromatic rings. The number of nitrogens with zero attached hydrogens (tertiary/aromatic N) is 2. The topological polar surface area (TPSA) is 80.9 Å². The second-order valence-corrected chi connectivity index (χ2v) is 3.25. The number of aromatic nitrogens is 2. The number of rotatable bonds is 3. The fourth-order valence-corrected chi connectivity index (χ4v) is 1.22. The van der Waals surface area contributed by atoms with Gasteiger partial charge in [-0.1, -0.05) is 18.3 Å². The average Bonchev–Trinajstić information content (AvgIpc) is 2.36. The third kappa shape index (κ3) is 2.46. The molecule has 0 aliphatic rings. The van der Waals surface area contributed by atoms with Gasteiger partial charge in [-0.05, 0) is 6.42 Å². The summed E-state index contributed by atoms with van der Waals surface area (Å²) in [6, 6.07) is 0. The lowest BCUT2D eigenvalue weighted by Crippen LogP contribution is -2.10. The Labute approximate surface area is 74.0 Å². The van der Waals surface area contributed by atoms with Crippen molar-refractivity contribution in [2.24, 2.45) is 0 Å². The van der Waals surface area contributed by atoms with Crippen LogP contribution in [0.2, 0.25) is 0 Å². The number of hydrogen-bond acceptors (Lipinski definition) is 5. The molecule has 0 fully saturated rings. The highest BCUT2D eigenvalue weighted by Crippen LogP contribution is 2.16. The molecule has 0 aliphatic heterocycles. The van der Waals surface area contributed by atoms with Crippen molar-refractivity contribution in [2.45, 2.75) is 19.8 Å². The molecule has 0 aromatic carbocycles. The number of nitrogens with one attached hydrogen (secondary N) is 1. The van der Waals surface area contributed by atoms with Crippen LogP contribution in [0.5, 0.6) is 0 Å². The van der Waals surface area contributed by atoms with E-state index < -0.39 is 0 Å². The molecule has 0 atom stereocenters. The van der Waals surface area contributed by atoms with Gasteiger partial charge in [0.1, 0.15) is 0 Å². The van der Waals surface area contributed by atoms with Gasteiger partial charge in [-0.3, -0.25) is 4.79 Å². The van der Waals surface area contributed by atoms with E-state index in [0.717, 1.165) is 6.42 Å². The van der Waals surface area contributed by atoms with Crippen molar-refractivity contribution >= 4 is 27.5 Å². The van der Waals surface area contributed by atoms with Crippen LogP contribution in [0.1, 0.15) is 19.8 Å². The predicted molar refractivity (Wildman–Crippen MR) is 47.9 cm³/mol. The molecule has 1 amide bonds. The number of nitrogen functional groups attached to an aromatic ring is 1. The predicted octanol–water partition coefficient (Wildman–Crippen LogP) is 0.859. The molecule has 0 radical (unpaired) electrons. The summed E-state index contributed by atoms with van der Waals surface area (Å²) < 4.78 is 0. The fraction of sp³-hybridized carbons (Fsp3) is 0.500. The van der Waals surface area contributed by atoms with Gasteiger partial charge in [-0.25, -0.2) is 0 Å². The lowest BCUT2D eigenvalue weighted by molar-refractivity contribution is -0.116. The first-order valence-corrected chi connectivity index (χ1v) is 4.43. The van der Waals surface area contributed by atoms with Crippen LogP contribution in [0.25, 0.3) is 0 Å². The quantitative estimate of drug-likeness (QED) is 0.733. The first-order valence-electron chi connectivity index (χ1n) is 3.61. The van der Waals surface area contributed by atoms with Gasteiger partial charge in [0.2, 0.25) is 16.2 Å². The summed E-state index contributed by atoms with van der Waals surface area (Å²) in [4.78, 5) is 11.0. The first kappa shape index (κ1) is 8.92. The zero-order valence-electron chi connectivity index (χ0n) is 6.70. The summed E-state index contributed by atoms with van der Waals surface area (Å²) in [6.07, 6.45) is 1.32. The van der Waals surface area contributed by atoms with E-state index in [1.807, 2.05) is 6.92 Å². The smallest absolute Gasteiger partial charge is 0.226 e. The number of carbonyl (C=O) groups excluding carboxylic acids is 1. The molecule has 6 heteroatoms. The Bertz CT molecular complexity index is 272. The molecule has 3 N–H and O–H groups in total. The Balaban J connectivity index is 2.46. The van der Waals surface area contributed by atoms with E-state index in [9.17, 15) is 4.79 Å². The molecule has 0 aliphatic carbocycles. The highest BCUT2D eigenvalue weighted by atomic mass is 32.1. The number of amides is 1. The third-order valence-corrected chi connectivity index (χ3v) is 1.83. The van der Waals surface area contributed by atoms with Gasteiger partial charge in [0.25, 0.3) is 0 Å². The lowest BCUT2D eigenvalue weighted by atomic mass is 10.3. The SMILES string of the molecule is CCCC(=O)Nc1nnc(N)s1. The van der Waals surface area contributed by atoms with Crippen LogP contribution in [-0.4, -0.2) is 16.1 Å². The van der Waals surface area contributed by atoms with E-state index in [4.69, 9.17) is 5.73 Å². The van der Waals surface area contributed by atoms with Gasteiger partial charge in [0.05, 0.1) is 0 Å². The molecule has 0 saturated heterocycles. The fourth-order valence-electron chi connectivity index (χ4n) is 0.694. The average molecular weight is 186 g/mol. The van der Waals surface area contributed by atoms with E-state index in [1.165, 1.54) is 11.3 Å². The lowest BCUT2D eigenvalue weighted by Gasteiger charge is -1.96. The van der Waals surface area contributed by atoms with Crippen molar-refractivity contribution in [2.75, 3.05) is 11.1 Å². The molecule has 12 heavy (non-hydrogen) atoms. The Morgan fingerprint density at radius 1 is 1.67 bits per heavy atom. The molecule has 0 bridgehead atoms. The van der Waals surface area contributed by atoms with Crippen molar-refractivity contribution < 1.29 is 4.79 Å². The molecule has 5 nitrogen and oxygen atoms in total. The van der Waals surface area contributed by atoms with Crippen LogP contribution in [-0.2, 0) is 4.79 Å². The summed E-state index contributed by atoms with van der Waals surface area (Å²) in [5, 5.41) is 10.6. The molecule has 0 saturated carbocycles. The van der Waals surface area contributed by atoms with Crippen LogP contribution in [0.4, 0.5) is 10.3 Å². The maximum absolute atomic E-state index is 11.0. The van der Waals surface area contributed by atoms with Gasteiger partial charge < -0.3 is 11.1 Å². The Morgan fingerprint density at radius 3 is 2.92 bits per heavy atom. The maximum atomic E-state index is 11.0. The van der Waals surface area contributed by atoms with Crippen LogP contribution in [0.3, 0.4) is 0 Å². The van der Waals surface area contributed by atoms with Gasteiger partial charge in [-0.15, -0.1) is 10.2 Å². The monoisotopic (exact) mass is 186 g/mol.